The first-order valence-corrected chi connectivity index (χ1v) is 21.7. The van der Waals surface area contributed by atoms with Gasteiger partial charge in [0.25, 0.3) is 5.91 Å². The van der Waals surface area contributed by atoms with Crippen molar-refractivity contribution >= 4 is 39.1 Å². The average molecular weight is 774 g/mol. The molecule has 2 aliphatic carbocycles. The number of likely N-dealkylation sites (tertiary alicyclic amines) is 1. The molecule has 2 amide bonds. The van der Waals surface area contributed by atoms with E-state index in [0.717, 1.165) is 76.3 Å². The maximum absolute atomic E-state index is 15.4. The van der Waals surface area contributed by atoms with Crippen LogP contribution in [0.1, 0.15) is 112 Å². The minimum atomic E-state index is -4.00. The van der Waals surface area contributed by atoms with E-state index in [1.54, 1.807) is 13.2 Å². The van der Waals surface area contributed by atoms with E-state index in [1.165, 1.54) is 26.1 Å². The van der Waals surface area contributed by atoms with Gasteiger partial charge in [-0.3, -0.25) is 14.6 Å². The standard InChI is InChI=1S/C43H59N5O6S/c1-8-41(4)26-47(27-42(41,9-2)25-44-20-21-54-10-3)40(50)43-24-35(43)34-23-31(53-7)17-19-32(34)38-37(29-14-12-11-13-15-29)33-18-16-30(22-36(33)48(38)28-43)39(49)45-55(51,52)46(5)6/h16-19,22-23,25,29,35H,8-15,20-21,24,26-28H2,1-7H3,(H,45,49)/t35-,41?,42?,43-/m0/s1. The van der Waals surface area contributed by atoms with E-state index in [2.05, 4.69) is 53.3 Å². The Hall–Kier alpha value is -3.74. The van der Waals surface area contributed by atoms with Gasteiger partial charge in [-0.2, -0.15) is 12.7 Å². The number of benzene rings is 2. The molecule has 2 unspecified atom stereocenters. The second-order valence-electron chi connectivity index (χ2n) is 16.8. The molecule has 55 heavy (non-hydrogen) atoms. The largest absolute Gasteiger partial charge is 0.497 e. The zero-order chi connectivity index (χ0) is 39.3. The van der Waals surface area contributed by atoms with E-state index >= 15 is 4.79 Å². The lowest BCUT2D eigenvalue weighted by Crippen LogP contribution is -2.40. The predicted octanol–water partition coefficient (Wildman–Crippen LogP) is 7.15. The van der Waals surface area contributed by atoms with Crippen LogP contribution in [0, 0.1) is 16.2 Å². The third kappa shape index (κ3) is 6.69. The number of ether oxygens (including phenoxy) is 2. The molecule has 2 saturated carbocycles. The lowest BCUT2D eigenvalue weighted by atomic mass is 9.64. The van der Waals surface area contributed by atoms with Crippen LogP contribution in [0.4, 0.5) is 0 Å². The Bertz CT molecular complexity index is 2100. The first-order chi connectivity index (χ1) is 26.3. The van der Waals surface area contributed by atoms with E-state index in [-0.39, 0.29) is 28.2 Å². The van der Waals surface area contributed by atoms with Crippen molar-refractivity contribution in [1.29, 1.82) is 0 Å². The van der Waals surface area contributed by atoms with Gasteiger partial charge in [-0.1, -0.05) is 46.1 Å². The minimum absolute atomic E-state index is 0.000315. The van der Waals surface area contributed by atoms with Gasteiger partial charge in [-0.25, -0.2) is 4.72 Å². The summed E-state index contributed by atoms with van der Waals surface area (Å²) >= 11 is 0. The summed E-state index contributed by atoms with van der Waals surface area (Å²) in [5, 5.41) is 1.06. The molecule has 2 aliphatic heterocycles. The number of fused-ring (bicyclic) bond motifs is 7. The van der Waals surface area contributed by atoms with Gasteiger partial charge in [0, 0.05) is 79.9 Å². The van der Waals surface area contributed by atoms with E-state index < -0.39 is 21.5 Å². The van der Waals surface area contributed by atoms with Gasteiger partial charge in [0.15, 0.2) is 0 Å². The van der Waals surface area contributed by atoms with Gasteiger partial charge in [-0.15, -0.1) is 0 Å². The summed E-state index contributed by atoms with van der Waals surface area (Å²) in [6, 6.07) is 11.9. The molecule has 1 saturated heterocycles. The van der Waals surface area contributed by atoms with Crippen LogP contribution in [-0.4, -0.2) is 94.3 Å². The van der Waals surface area contributed by atoms with Crippen molar-refractivity contribution in [3.63, 3.8) is 0 Å². The van der Waals surface area contributed by atoms with E-state index in [1.807, 2.05) is 25.1 Å². The molecule has 4 aliphatic rings. The summed E-state index contributed by atoms with van der Waals surface area (Å²) in [7, 11) is 0.469. The van der Waals surface area contributed by atoms with Gasteiger partial charge < -0.3 is 18.9 Å². The number of aliphatic imine (C=N–C) groups is 1. The predicted molar refractivity (Wildman–Crippen MR) is 217 cm³/mol. The van der Waals surface area contributed by atoms with Crippen molar-refractivity contribution in [3.8, 4) is 17.0 Å². The van der Waals surface area contributed by atoms with E-state index in [0.29, 0.717) is 51.7 Å². The van der Waals surface area contributed by atoms with Crippen molar-refractivity contribution in [2.75, 3.05) is 54.1 Å². The molecule has 4 atom stereocenters. The van der Waals surface area contributed by atoms with Crippen LogP contribution in [-0.2, 0) is 26.3 Å². The summed E-state index contributed by atoms with van der Waals surface area (Å²) in [5.74, 6) is 0.580. The zero-order valence-corrected chi connectivity index (χ0v) is 34.6. The molecule has 7 rings (SSSR count). The number of carbonyl (C=O) groups excluding carboxylic acids is 2. The van der Waals surface area contributed by atoms with Gasteiger partial charge in [-0.05, 0) is 91.8 Å². The number of amides is 2. The molecule has 3 heterocycles. The Morgan fingerprint density at radius 2 is 1.78 bits per heavy atom. The Kier molecular flexibility index (Phi) is 10.7. The molecule has 3 fully saturated rings. The molecule has 0 radical (unpaired) electrons. The van der Waals surface area contributed by atoms with Crippen LogP contribution in [0.3, 0.4) is 0 Å². The Morgan fingerprint density at radius 1 is 1.02 bits per heavy atom. The summed E-state index contributed by atoms with van der Waals surface area (Å²) in [5.41, 5.74) is 4.65. The second kappa shape index (κ2) is 15.0. The lowest BCUT2D eigenvalue weighted by molar-refractivity contribution is -0.137. The van der Waals surface area contributed by atoms with Crippen LogP contribution in [0.25, 0.3) is 22.2 Å². The highest BCUT2D eigenvalue weighted by Gasteiger charge is 2.66. The lowest BCUT2D eigenvalue weighted by Gasteiger charge is -2.38. The summed E-state index contributed by atoms with van der Waals surface area (Å²) in [6.07, 6.45) is 10.3. The number of hydrogen-bond acceptors (Lipinski definition) is 7. The molecule has 2 aromatic carbocycles. The number of aromatic nitrogens is 1. The molecule has 1 N–H and O–H groups in total. The average Bonchev–Trinajstić information content (AvgIpc) is 3.75. The van der Waals surface area contributed by atoms with Crippen molar-refractivity contribution in [1.82, 2.24) is 18.5 Å². The maximum Gasteiger partial charge on any atom is 0.303 e. The van der Waals surface area contributed by atoms with E-state index in [9.17, 15) is 13.2 Å². The Morgan fingerprint density at radius 3 is 2.45 bits per heavy atom. The highest BCUT2D eigenvalue weighted by atomic mass is 32.2. The van der Waals surface area contributed by atoms with Gasteiger partial charge in [0.1, 0.15) is 5.75 Å². The molecule has 1 aromatic heterocycles. The van der Waals surface area contributed by atoms with E-state index in [4.69, 9.17) is 14.5 Å². The SMILES string of the molecule is CCOCCN=CC1(CC)CN(C(=O)[C@]23C[C@H]2c2cc(OC)ccc2-c2c(C4CCCCC4)c4ccc(C(=O)NS(=O)(=O)N(C)C)cc4n2C3)CC1(C)CC. The molecule has 12 heteroatoms. The minimum Gasteiger partial charge on any atom is -0.497 e. The highest BCUT2D eigenvalue weighted by Crippen LogP contribution is 2.67. The molecule has 0 spiro atoms. The summed E-state index contributed by atoms with van der Waals surface area (Å²) < 4.78 is 42.3. The van der Waals surface area contributed by atoms with Crippen LogP contribution in [0.5, 0.6) is 5.75 Å². The molecular weight excluding hydrogens is 715 g/mol. The van der Waals surface area contributed by atoms with Crippen molar-refractivity contribution in [2.24, 2.45) is 21.2 Å². The molecular formula is C43H59N5O6S. The first kappa shape index (κ1) is 39.5. The number of rotatable bonds is 13. The van der Waals surface area contributed by atoms with Crippen LogP contribution in [0.2, 0.25) is 0 Å². The first-order valence-electron chi connectivity index (χ1n) is 20.3. The molecule has 0 bridgehead atoms. The van der Waals surface area contributed by atoms with Crippen LogP contribution in [0.15, 0.2) is 41.4 Å². The topological polar surface area (TPSA) is 123 Å². The number of nitrogens with one attached hydrogen (secondary N) is 1. The third-order valence-corrected chi connectivity index (χ3v) is 15.1. The summed E-state index contributed by atoms with van der Waals surface area (Å²) in [4.78, 5) is 36.0. The zero-order valence-electron chi connectivity index (χ0n) is 33.7. The van der Waals surface area contributed by atoms with Crippen molar-refractivity contribution in [3.05, 3.63) is 53.1 Å². The normalized spacial score (nSPS) is 26.5. The third-order valence-electron chi connectivity index (χ3n) is 13.7. The maximum atomic E-state index is 15.4. The monoisotopic (exact) mass is 773 g/mol. The van der Waals surface area contributed by atoms with Crippen LogP contribution < -0.4 is 9.46 Å². The highest BCUT2D eigenvalue weighted by molar-refractivity contribution is 7.87. The van der Waals surface area contributed by atoms with Crippen LogP contribution >= 0.6 is 0 Å². The second-order valence-corrected chi connectivity index (χ2v) is 18.7. The van der Waals surface area contributed by atoms with Crippen molar-refractivity contribution in [2.45, 2.75) is 97.4 Å². The van der Waals surface area contributed by atoms with Gasteiger partial charge >= 0.3 is 10.2 Å². The van der Waals surface area contributed by atoms with Gasteiger partial charge in [0.05, 0.1) is 31.4 Å². The molecule has 11 nitrogen and oxygen atoms in total. The fourth-order valence-corrected chi connectivity index (χ4v) is 10.6. The fourth-order valence-electron chi connectivity index (χ4n) is 10.1. The van der Waals surface area contributed by atoms with Crippen molar-refractivity contribution < 1.29 is 27.5 Å². The fraction of sp³-hybridized carbons (Fsp3) is 0.605. The number of nitrogens with zero attached hydrogens (tertiary/aromatic N) is 4. The Balaban J connectivity index is 1.36. The number of hydrogen-bond donors (Lipinski definition) is 1. The molecule has 298 valence electrons. The molecule has 3 aromatic rings. The quantitative estimate of drug-likeness (QED) is 0.146. The van der Waals surface area contributed by atoms with Gasteiger partial charge in [0.2, 0.25) is 5.91 Å². The Labute approximate surface area is 327 Å². The number of methoxy groups -OCH3 is 1. The smallest absolute Gasteiger partial charge is 0.303 e. The summed E-state index contributed by atoms with van der Waals surface area (Å²) in [6.45, 7) is 12.3. The number of carbonyl (C=O) groups is 2.